The zero-order valence-electron chi connectivity index (χ0n) is 18.7. The third-order valence-corrected chi connectivity index (χ3v) is 6.50. The van der Waals surface area contributed by atoms with E-state index >= 15 is 0 Å². The number of fused-ring (bicyclic) bond motifs is 1. The number of hydrogen-bond donors (Lipinski definition) is 2. The number of hydrogen-bond acceptors (Lipinski definition) is 5. The summed E-state index contributed by atoms with van der Waals surface area (Å²) in [5, 5.41) is 3.34. The van der Waals surface area contributed by atoms with E-state index in [0.717, 1.165) is 60.6 Å². The first-order valence-corrected chi connectivity index (χ1v) is 11.5. The molecule has 180 valence electrons. The highest BCUT2D eigenvalue weighted by Gasteiger charge is 2.30. The Bertz CT molecular complexity index is 1150. The van der Waals surface area contributed by atoms with Crippen LogP contribution in [0.15, 0.2) is 42.5 Å². The van der Waals surface area contributed by atoms with Gasteiger partial charge in [-0.15, -0.1) is 0 Å². The second kappa shape index (κ2) is 9.27. The summed E-state index contributed by atoms with van der Waals surface area (Å²) >= 11 is 0. The minimum absolute atomic E-state index is 0.130. The van der Waals surface area contributed by atoms with E-state index in [-0.39, 0.29) is 5.91 Å². The molecular weight excluding hydrogens is 445 g/mol. The number of H-pyrrole nitrogens is 1. The number of amides is 1. The molecule has 2 aromatic carbocycles. The molecule has 0 atom stereocenters. The maximum atomic E-state index is 13.0. The van der Waals surface area contributed by atoms with Crippen LogP contribution in [-0.4, -0.2) is 78.0 Å². The summed E-state index contributed by atoms with van der Waals surface area (Å²) in [4.78, 5) is 27.0. The lowest BCUT2D eigenvalue weighted by atomic mass is 10.1. The van der Waals surface area contributed by atoms with Crippen molar-refractivity contribution in [2.75, 3.05) is 57.3 Å². The molecule has 10 heteroatoms. The van der Waals surface area contributed by atoms with Gasteiger partial charge in [0.25, 0.3) is 5.91 Å². The number of aromatic nitrogens is 2. The zero-order valence-corrected chi connectivity index (χ0v) is 18.7. The van der Waals surface area contributed by atoms with Crippen LogP contribution in [0.1, 0.15) is 21.7 Å². The molecule has 0 spiro atoms. The van der Waals surface area contributed by atoms with Crippen LogP contribution in [0.4, 0.5) is 18.9 Å². The summed E-state index contributed by atoms with van der Waals surface area (Å²) in [5.41, 5.74) is 2.92. The third kappa shape index (κ3) is 4.88. The minimum Gasteiger partial charge on any atom is -0.369 e. The van der Waals surface area contributed by atoms with Crippen LogP contribution in [0.2, 0.25) is 0 Å². The van der Waals surface area contributed by atoms with Crippen molar-refractivity contribution >= 4 is 22.6 Å². The van der Waals surface area contributed by atoms with Crippen LogP contribution in [0.3, 0.4) is 0 Å². The van der Waals surface area contributed by atoms with Crippen molar-refractivity contribution in [3.05, 3.63) is 59.4 Å². The van der Waals surface area contributed by atoms with Gasteiger partial charge in [0.15, 0.2) is 5.82 Å². The number of alkyl halides is 3. The third-order valence-electron chi connectivity index (χ3n) is 6.50. The van der Waals surface area contributed by atoms with Gasteiger partial charge in [0.05, 0.1) is 16.6 Å². The molecule has 2 aliphatic heterocycles. The molecule has 0 radical (unpaired) electrons. The number of imidazole rings is 1. The molecule has 2 N–H and O–H groups in total. The van der Waals surface area contributed by atoms with E-state index in [1.54, 1.807) is 4.90 Å². The highest BCUT2D eigenvalue weighted by Crippen LogP contribution is 2.29. The van der Waals surface area contributed by atoms with Gasteiger partial charge < -0.3 is 20.1 Å². The Kier molecular flexibility index (Phi) is 6.18. The molecule has 3 heterocycles. The number of rotatable bonds is 4. The maximum absolute atomic E-state index is 13.0. The first kappa shape index (κ1) is 22.7. The van der Waals surface area contributed by atoms with Gasteiger partial charge in [0.1, 0.15) is 0 Å². The van der Waals surface area contributed by atoms with Crippen molar-refractivity contribution in [1.29, 1.82) is 0 Å². The lowest BCUT2D eigenvalue weighted by Gasteiger charge is -2.34. The average molecular weight is 473 g/mol. The largest absolute Gasteiger partial charge is 0.416 e. The molecule has 0 saturated carbocycles. The molecule has 2 saturated heterocycles. The molecule has 2 fully saturated rings. The van der Waals surface area contributed by atoms with Gasteiger partial charge in [-0.2, -0.15) is 13.2 Å². The van der Waals surface area contributed by atoms with Gasteiger partial charge in [-0.1, -0.05) is 12.1 Å². The van der Waals surface area contributed by atoms with Crippen molar-refractivity contribution in [1.82, 2.24) is 25.1 Å². The van der Waals surface area contributed by atoms with Crippen LogP contribution in [0.5, 0.6) is 0 Å². The fourth-order valence-corrected chi connectivity index (χ4v) is 4.53. The van der Waals surface area contributed by atoms with Crippen LogP contribution < -0.4 is 10.2 Å². The second-order valence-corrected chi connectivity index (χ2v) is 8.79. The molecule has 7 nitrogen and oxygen atoms in total. The number of aromatic amines is 1. The van der Waals surface area contributed by atoms with Gasteiger partial charge >= 0.3 is 6.18 Å². The van der Waals surface area contributed by atoms with Crippen LogP contribution in [-0.2, 0) is 12.7 Å². The minimum atomic E-state index is -4.33. The number of anilines is 1. The van der Waals surface area contributed by atoms with Gasteiger partial charge in [-0.25, -0.2) is 4.98 Å². The van der Waals surface area contributed by atoms with E-state index in [0.29, 0.717) is 38.5 Å². The fourth-order valence-electron chi connectivity index (χ4n) is 4.53. The lowest BCUT2D eigenvalue weighted by molar-refractivity contribution is -0.137. The van der Waals surface area contributed by atoms with E-state index in [4.69, 9.17) is 0 Å². The first-order valence-electron chi connectivity index (χ1n) is 11.5. The monoisotopic (exact) mass is 472 g/mol. The number of carbonyl (C=O) groups excluding carboxylic acids is 1. The van der Waals surface area contributed by atoms with Crippen molar-refractivity contribution in [2.24, 2.45) is 0 Å². The standard InChI is InChI=1S/C24H27F3N6O/c25-24(26,27)18-3-1-17(2-4-18)16-31-11-13-33(14-12-31)23(34)22-29-20-6-5-19(15-21(20)30-22)32-9-7-28-8-10-32/h1-6,15,28H,7-14,16H2,(H,29,30). The number of benzene rings is 2. The Morgan fingerprint density at radius 2 is 1.65 bits per heavy atom. The smallest absolute Gasteiger partial charge is 0.369 e. The number of carbonyl (C=O) groups is 1. The molecule has 0 bridgehead atoms. The summed E-state index contributed by atoms with van der Waals surface area (Å²) < 4.78 is 38.2. The lowest BCUT2D eigenvalue weighted by Crippen LogP contribution is -2.48. The molecule has 1 amide bonds. The normalized spacial score (nSPS) is 18.0. The SMILES string of the molecule is O=C(c1nc2ccc(N3CCNCC3)cc2[nH]1)N1CCN(Cc2ccc(C(F)(F)F)cc2)CC1. The first-order chi connectivity index (χ1) is 16.4. The molecular formula is C24H27F3N6O. The van der Waals surface area contributed by atoms with Gasteiger partial charge in [-0.05, 0) is 35.9 Å². The van der Waals surface area contributed by atoms with Gasteiger partial charge in [-0.3, -0.25) is 9.69 Å². The van der Waals surface area contributed by atoms with E-state index in [9.17, 15) is 18.0 Å². The number of halogens is 3. The van der Waals surface area contributed by atoms with E-state index < -0.39 is 11.7 Å². The summed E-state index contributed by atoms with van der Waals surface area (Å²) in [6, 6.07) is 11.3. The van der Waals surface area contributed by atoms with E-state index in [1.165, 1.54) is 12.1 Å². The Morgan fingerprint density at radius 3 is 2.32 bits per heavy atom. The molecule has 3 aromatic rings. The highest BCUT2D eigenvalue weighted by atomic mass is 19.4. The predicted molar refractivity (Wildman–Crippen MR) is 124 cm³/mol. The quantitative estimate of drug-likeness (QED) is 0.611. The van der Waals surface area contributed by atoms with E-state index in [2.05, 4.69) is 25.1 Å². The Balaban J connectivity index is 1.19. The van der Waals surface area contributed by atoms with Crippen LogP contribution >= 0.6 is 0 Å². The van der Waals surface area contributed by atoms with Crippen LogP contribution in [0, 0.1) is 0 Å². The fraction of sp³-hybridized carbons (Fsp3) is 0.417. The van der Waals surface area contributed by atoms with Crippen molar-refractivity contribution < 1.29 is 18.0 Å². The second-order valence-electron chi connectivity index (χ2n) is 8.79. The summed E-state index contributed by atoms with van der Waals surface area (Å²) in [5.74, 6) is 0.206. The number of nitrogens with one attached hydrogen (secondary N) is 2. The van der Waals surface area contributed by atoms with Gasteiger partial charge in [0, 0.05) is 64.6 Å². The zero-order chi connectivity index (χ0) is 23.7. The molecule has 0 aliphatic carbocycles. The van der Waals surface area contributed by atoms with Crippen molar-refractivity contribution in [3.8, 4) is 0 Å². The highest BCUT2D eigenvalue weighted by molar-refractivity contribution is 5.94. The molecule has 2 aliphatic rings. The molecule has 1 aromatic heterocycles. The topological polar surface area (TPSA) is 67.5 Å². The predicted octanol–water partition coefficient (Wildman–Crippen LogP) is 2.95. The summed E-state index contributed by atoms with van der Waals surface area (Å²) in [6.45, 7) is 6.75. The Labute approximate surface area is 195 Å². The Hall–Kier alpha value is -3.11. The maximum Gasteiger partial charge on any atom is 0.416 e. The number of piperazine rings is 2. The molecule has 0 unspecified atom stereocenters. The average Bonchev–Trinajstić information content (AvgIpc) is 3.28. The molecule has 5 rings (SSSR count). The van der Waals surface area contributed by atoms with Crippen molar-refractivity contribution in [3.63, 3.8) is 0 Å². The van der Waals surface area contributed by atoms with Gasteiger partial charge in [0.2, 0.25) is 0 Å². The number of nitrogens with zero attached hydrogens (tertiary/aromatic N) is 4. The van der Waals surface area contributed by atoms with Crippen molar-refractivity contribution in [2.45, 2.75) is 12.7 Å². The van der Waals surface area contributed by atoms with Crippen LogP contribution in [0.25, 0.3) is 11.0 Å². The summed E-state index contributed by atoms with van der Waals surface area (Å²) in [7, 11) is 0. The Morgan fingerprint density at radius 1 is 0.941 bits per heavy atom. The summed E-state index contributed by atoms with van der Waals surface area (Å²) in [6.07, 6.45) is -4.33. The van der Waals surface area contributed by atoms with E-state index in [1.807, 2.05) is 18.2 Å². The molecule has 34 heavy (non-hydrogen) atoms.